The second-order valence-corrected chi connectivity index (χ2v) is 8.30. The van der Waals surface area contributed by atoms with Crippen LogP contribution in [0, 0.1) is 5.82 Å². The van der Waals surface area contributed by atoms with Gasteiger partial charge in [-0.05, 0) is 72.4 Å². The Balaban J connectivity index is 1.19. The summed E-state index contributed by atoms with van der Waals surface area (Å²) in [6.07, 6.45) is 0. The van der Waals surface area contributed by atoms with Gasteiger partial charge in [0.2, 0.25) is 5.89 Å². The lowest BCUT2D eigenvalue weighted by molar-refractivity contribution is 0.0977. The van der Waals surface area contributed by atoms with Crippen molar-refractivity contribution in [3.05, 3.63) is 114 Å². The zero-order valence-electron chi connectivity index (χ0n) is 18.9. The Morgan fingerprint density at radius 2 is 1.69 bits per heavy atom. The van der Waals surface area contributed by atoms with Gasteiger partial charge in [0.05, 0.1) is 5.56 Å². The van der Waals surface area contributed by atoms with Crippen LogP contribution in [-0.2, 0) is 6.61 Å². The van der Waals surface area contributed by atoms with Crippen LogP contribution in [0.1, 0.15) is 15.9 Å². The number of ether oxygens (including phenoxy) is 1. The molecule has 0 aliphatic heterocycles. The van der Waals surface area contributed by atoms with E-state index in [1.807, 2.05) is 30.3 Å². The first-order valence-corrected chi connectivity index (χ1v) is 11.5. The molecule has 0 spiro atoms. The second-order valence-electron chi connectivity index (χ2n) is 7.89. The van der Waals surface area contributed by atoms with Crippen molar-refractivity contribution in [2.75, 3.05) is 5.32 Å². The highest BCUT2D eigenvalue weighted by atomic mass is 32.1. The average Bonchev–Trinajstić information content (AvgIpc) is 3.32. The van der Waals surface area contributed by atoms with Crippen molar-refractivity contribution in [3.8, 4) is 17.2 Å². The third-order valence-electron chi connectivity index (χ3n) is 5.34. The molecule has 2 N–H and O–H groups in total. The number of carbonyl (C=O) groups is 1. The lowest BCUT2D eigenvalue weighted by atomic mass is 10.2. The van der Waals surface area contributed by atoms with Gasteiger partial charge < -0.3 is 14.5 Å². The number of rotatable bonds is 6. The fourth-order valence-corrected chi connectivity index (χ4v) is 3.75. The molecular formula is C28H20FN3O3S. The third kappa shape index (κ3) is 5.39. The number of nitrogens with one attached hydrogen (secondary N) is 2. The fourth-order valence-electron chi connectivity index (χ4n) is 3.54. The Morgan fingerprint density at radius 3 is 2.47 bits per heavy atom. The SMILES string of the molecule is O=C(NC(=S)Nc1ccc2oc(-c3ccccc3F)nc2c1)c1ccc(OCc2ccccc2)cc1. The summed E-state index contributed by atoms with van der Waals surface area (Å²) in [6.45, 7) is 0.442. The van der Waals surface area contributed by atoms with Gasteiger partial charge in [0.15, 0.2) is 10.7 Å². The van der Waals surface area contributed by atoms with Crippen LogP contribution in [0.5, 0.6) is 5.75 Å². The lowest BCUT2D eigenvalue weighted by Gasteiger charge is -2.10. The smallest absolute Gasteiger partial charge is 0.257 e. The van der Waals surface area contributed by atoms with E-state index in [4.69, 9.17) is 21.4 Å². The molecule has 36 heavy (non-hydrogen) atoms. The minimum absolute atomic E-state index is 0.126. The lowest BCUT2D eigenvalue weighted by Crippen LogP contribution is -2.34. The van der Waals surface area contributed by atoms with E-state index in [1.54, 1.807) is 60.7 Å². The van der Waals surface area contributed by atoms with Gasteiger partial charge >= 0.3 is 0 Å². The van der Waals surface area contributed by atoms with Gasteiger partial charge in [-0.15, -0.1) is 0 Å². The zero-order valence-corrected chi connectivity index (χ0v) is 19.7. The van der Waals surface area contributed by atoms with E-state index in [1.165, 1.54) is 6.07 Å². The molecule has 1 heterocycles. The quantitative estimate of drug-likeness (QED) is 0.267. The van der Waals surface area contributed by atoms with Crippen molar-refractivity contribution < 1.29 is 18.3 Å². The molecule has 0 fully saturated rings. The Morgan fingerprint density at radius 1 is 0.944 bits per heavy atom. The maximum absolute atomic E-state index is 14.1. The third-order valence-corrected chi connectivity index (χ3v) is 5.55. The standard InChI is InChI=1S/C28H20FN3O3S/c29-23-9-5-4-8-22(23)27-31-24-16-20(12-15-25(24)35-27)30-28(36)32-26(33)19-10-13-21(14-11-19)34-17-18-6-2-1-3-7-18/h1-16H,17H2,(H2,30,32,33,36). The molecule has 0 unspecified atom stereocenters. The zero-order chi connectivity index (χ0) is 24.9. The Labute approximate surface area is 211 Å². The van der Waals surface area contributed by atoms with Crippen LogP contribution >= 0.6 is 12.2 Å². The first-order valence-electron chi connectivity index (χ1n) is 11.1. The van der Waals surface area contributed by atoms with Crippen LogP contribution in [0.4, 0.5) is 10.1 Å². The predicted molar refractivity (Wildman–Crippen MR) is 140 cm³/mol. The Bertz CT molecular complexity index is 1540. The summed E-state index contributed by atoms with van der Waals surface area (Å²) < 4.78 is 25.5. The van der Waals surface area contributed by atoms with E-state index >= 15 is 0 Å². The summed E-state index contributed by atoms with van der Waals surface area (Å²) in [5.74, 6) is 0.0765. The highest BCUT2D eigenvalue weighted by Crippen LogP contribution is 2.27. The molecule has 178 valence electrons. The minimum atomic E-state index is -0.415. The van der Waals surface area contributed by atoms with E-state index in [-0.39, 0.29) is 22.5 Å². The van der Waals surface area contributed by atoms with Crippen LogP contribution in [0.25, 0.3) is 22.6 Å². The van der Waals surface area contributed by atoms with E-state index in [0.29, 0.717) is 34.7 Å². The topological polar surface area (TPSA) is 76.4 Å². The summed E-state index contributed by atoms with van der Waals surface area (Å²) in [6, 6.07) is 28.1. The number of halogens is 1. The molecule has 8 heteroatoms. The Kier molecular flexibility index (Phi) is 6.68. The summed E-state index contributed by atoms with van der Waals surface area (Å²) in [7, 11) is 0. The maximum atomic E-state index is 14.1. The van der Waals surface area contributed by atoms with Gasteiger partial charge in [-0.25, -0.2) is 9.37 Å². The molecule has 0 atom stereocenters. The van der Waals surface area contributed by atoms with Crippen molar-refractivity contribution in [3.63, 3.8) is 0 Å². The molecule has 0 saturated heterocycles. The molecule has 0 radical (unpaired) electrons. The molecule has 0 aliphatic carbocycles. The number of amides is 1. The molecule has 5 rings (SSSR count). The summed E-state index contributed by atoms with van der Waals surface area (Å²) in [4.78, 5) is 17.0. The van der Waals surface area contributed by atoms with Crippen molar-refractivity contribution in [2.24, 2.45) is 0 Å². The van der Waals surface area contributed by atoms with Crippen molar-refractivity contribution in [2.45, 2.75) is 6.61 Å². The number of anilines is 1. The first kappa shape index (κ1) is 23.2. The van der Waals surface area contributed by atoms with E-state index in [0.717, 1.165) is 5.56 Å². The number of fused-ring (bicyclic) bond motifs is 1. The Hall–Kier alpha value is -4.56. The van der Waals surface area contributed by atoms with Crippen molar-refractivity contribution in [1.29, 1.82) is 0 Å². The number of nitrogens with zero attached hydrogens (tertiary/aromatic N) is 1. The molecule has 0 aliphatic rings. The van der Waals surface area contributed by atoms with Gasteiger partial charge in [-0.3, -0.25) is 10.1 Å². The molecule has 1 amide bonds. The molecule has 0 bridgehead atoms. The molecular weight excluding hydrogens is 477 g/mol. The van der Waals surface area contributed by atoms with Crippen LogP contribution in [0.3, 0.4) is 0 Å². The first-order chi connectivity index (χ1) is 17.5. The maximum Gasteiger partial charge on any atom is 0.257 e. The van der Waals surface area contributed by atoms with Gasteiger partial charge in [-0.1, -0.05) is 42.5 Å². The van der Waals surface area contributed by atoms with Gasteiger partial charge in [0.1, 0.15) is 23.7 Å². The highest BCUT2D eigenvalue weighted by molar-refractivity contribution is 7.80. The van der Waals surface area contributed by atoms with E-state index in [2.05, 4.69) is 15.6 Å². The number of aromatic nitrogens is 1. The van der Waals surface area contributed by atoms with E-state index < -0.39 is 5.82 Å². The fraction of sp³-hybridized carbons (Fsp3) is 0.0357. The number of hydrogen-bond acceptors (Lipinski definition) is 5. The van der Waals surface area contributed by atoms with Crippen LogP contribution in [0.15, 0.2) is 101 Å². The number of thiocarbonyl (C=S) groups is 1. The summed E-state index contributed by atoms with van der Waals surface area (Å²) >= 11 is 5.29. The minimum Gasteiger partial charge on any atom is -0.489 e. The van der Waals surface area contributed by atoms with Gasteiger partial charge in [0.25, 0.3) is 5.91 Å². The molecule has 1 aromatic heterocycles. The number of benzene rings is 4. The van der Waals surface area contributed by atoms with Crippen molar-refractivity contribution >= 4 is 40.0 Å². The second kappa shape index (κ2) is 10.4. The predicted octanol–water partition coefficient (Wildman–Crippen LogP) is 6.34. The summed E-state index contributed by atoms with van der Waals surface area (Å²) in [5.41, 5.74) is 3.41. The number of carbonyl (C=O) groups excluding carboxylic acids is 1. The normalized spacial score (nSPS) is 10.7. The molecule has 0 saturated carbocycles. The van der Waals surface area contributed by atoms with Gasteiger partial charge in [0, 0.05) is 11.3 Å². The monoisotopic (exact) mass is 497 g/mol. The largest absolute Gasteiger partial charge is 0.489 e. The molecule has 5 aromatic rings. The summed E-state index contributed by atoms with van der Waals surface area (Å²) in [5, 5.41) is 5.75. The van der Waals surface area contributed by atoms with E-state index in [9.17, 15) is 9.18 Å². The highest BCUT2D eigenvalue weighted by Gasteiger charge is 2.13. The molecule has 4 aromatic carbocycles. The molecule has 6 nitrogen and oxygen atoms in total. The van der Waals surface area contributed by atoms with Crippen LogP contribution in [-0.4, -0.2) is 16.0 Å². The van der Waals surface area contributed by atoms with Crippen LogP contribution < -0.4 is 15.4 Å². The van der Waals surface area contributed by atoms with Crippen LogP contribution in [0.2, 0.25) is 0 Å². The average molecular weight is 498 g/mol. The number of oxazole rings is 1. The van der Waals surface area contributed by atoms with Crippen molar-refractivity contribution in [1.82, 2.24) is 10.3 Å². The van der Waals surface area contributed by atoms with Gasteiger partial charge in [-0.2, -0.15) is 0 Å². The number of hydrogen-bond donors (Lipinski definition) is 2.